The summed E-state index contributed by atoms with van der Waals surface area (Å²) in [6, 6.07) is 15.7. The summed E-state index contributed by atoms with van der Waals surface area (Å²) >= 11 is 0. The minimum absolute atomic E-state index is 0.0684. The molecule has 3 atom stereocenters. The van der Waals surface area contributed by atoms with Crippen molar-refractivity contribution in [1.29, 1.82) is 0 Å². The lowest BCUT2D eigenvalue weighted by Gasteiger charge is -2.25. The lowest BCUT2D eigenvalue weighted by molar-refractivity contribution is -0.146. The molecule has 2 aromatic carbocycles. The maximum Gasteiger partial charge on any atom is 0.407 e. The first-order valence-electron chi connectivity index (χ1n) is 20.7. The van der Waals surface area contributed by atoms with Gasteiger partial charge in [-0.2, -0.15) is 0 Å². The molecule has 0 saturated carbocycles. The number of hydrogen-bond donors (Lipinski definition) is 4. The van der Waals surface area contributed by atoms with E-state index in [0.717, 1.165) is 62.5 Å². The van der Waals surface area contributed by atoms with E-state index in [2.05, 4.69) is 31.3 Å². The molecule has 0 radical (unpaired) electrons. The van der Waals surface area contributed by atoms with Crippen LogP contribution in [0.3, 0.4) is 0 Å². The topological polar surface area (TPSA) is 210 Å². The van der Waals surface area contributed by atoms with Crippen molar-refractivity contribution in [1.82, 2.24) is 21.3 Å². The molecule has 15 nitrogen and oxygen atoms in total. The Bertz CT molecular complexity index is 1520. The van der Waals surface area contributed by atoms with Crippen molar-refractivity contribution in [3.63, 3.8) is 0 Å². The summed E-state index contributed by atoms with van der Waals surface area (Å²) in [4.78, 5) is 68.3. The van der Waals surface area contributed by atoms with Crippen molar-refractivity contribution in [2.45, 2.75) is 135 Å². The molecule has 4 amide bonds. The number of azide groups is 1. The van der Waals surface area contributed by atoms with Crippen LogP contribution in [-0.2, 0) is 46.6 Å². The fourth-order valence-corrected chi connectivity index (χ4v) is 6.15. The quantitative estimate of drug-likeness (QED) is 0.0201. The Hall–Kier alpha value is -5.14. The van der Waals surface area contributed by atoms with Gasteiger partial charge >= 0.3 is 12.1 Å². The van der Waals surface area contributed by atoms with Crippen LogP contribution >= 0.6 is 0 Å². The predicted molar refractivity (Wildman–Crippen MR) is 222 cm³/mol. The Labute approximate surface area is 343 Å². The molecule has 0 bridgehead atoms. The lowest BCUT2D eigenvalue weighted by atomic mass is 10.0. The highest BCUT2D eigenvalue weighted by atomic mass is 16.5. The molecular formula is C43H65N7O8. The Kier molecular flexibility index (Phi) is 26.1. The number of ether oxygens (including phenoxy) is 3. The van der Waals surface area contributed by atoms with Gasteiger partial charge in [-0.05, 0) is 61.1 Å². The third-order valence-electron chi connectivity index (χ3n) is 9.32. The van der Waals surface area contributed by atoms with Gasteiger partial charge < -0.3 is 35.5 Å². The first-order chi connectivity index (χ1) is 28.1. The first-order valence-corrected chi connectivity index (χ1v) is 20.7. The molecule has 0 aliphatic heterocycles. The number of alkyl carbamates (subject to hydrolysis) is 1. The fourth-order valence-electron chi connectivity index (χ4n) is 6.15. The van der Waals surface area contributed by atoms with Crippen LogP contribution in [0.1, 0.15) is 115 Å². The van der Waals surface area contributed by atoms with Gasteiger partial charge in [0.2, 0.25) is 17.7 Å². The van der Waals surface area contributed by atoms with Crippen LogP contribution in [0.4, 0.5) is 4.79 Å². The molecule has 2 aromatic rings. The summed E-state index contributed by atoms with van der Waals surface area (Å²) < 4.78 is 16.1. The number of nitrogens with zero attached hydrogens (tertiary/aromatic N) is 3. The lowest BCUT2D eigenvalue weighted by Crippen LogP contribution is -2.57. The molecule has 0 saturated heterocycles. The number of rotatable bonds is 31. The van der Waals surface area contributed by atoms with Gasteiger partial charge in [0.25, 0.3) is 0 Å². The maximum atomic E-state index is 13.9. The second kappa shape index (κ2) is 30.9. The van der Waals surface area contributed by atoms with Crippen molar-refractivity contribution in [3.05, 3.63) is 82.2 Å². The van der Waals surface area contributed by atoms with Gasteiger partial charge in [0, 0.05) is 24.4 Å². The molecule has 58 heavy (non-hydrogen) atoms. The number of methoxy groups -OCH3 is 1. The fraction of sp³-hybridized carbons (Fsp3) is 0.605. The average Bonchev–Trinajstić information content (AvgIpc) is 3.22. The zero-order chi connectivity index (χ0) is 42.2. The van der Waals surface area contributed by atoms with E-state index < -0.39 is 42.0 Å². The number of nitrogens with one attached hydrogen (secondary N) is 4. The van der Waals surface area contributed by atoms with Gasteiger partial charge in [-0.15, -0.1) is 0 Å². The second-order valence-electron chi connectivity index (χ2n) is 14.8. The summed E-state index contributed by atoms with van der Waals surface area (Å²) in [6.45, 7) is 4.88. The normalized spacial score (nSPS) is 12.3. The minimum atomic E-state index is -1.08. The largest absolute Gasteiger partial charge is 0.467 e. The van der Waals surface area contributed by atoms with Gasteiger partial charge in [0.05, 0.1) is 20.3 Å². The molecule has 0 spiro atoms. The summed E-state index contributed by atoms with van der Waals surface area (Å²) in [5.41, 5.74) is 10.1. The van der Waals surface area contributed by atoms with Crippen molar-refractivity contribution >= 4 is 29.8 Å². The smallest absolute Gasteiger partial charge is 0.407 e. The molecule has 0 heterocycles. The molecule has 15 heteroatoms. The van der Waals surface area contributed by atoms with Gasteiger partial charge in [-0.1, -0.05) is 125 Å². The highest BCUT2D eigenvalue weighted by Crippen LogP contribution is 2.12. The molecule has 0 unspecified atom stereocenters. The summed E-state index contributed by atoms with van der Waals surface area (Å²) in [7, 11) is 1.25. The molecule has 4 N–H and O–H groups in total. The Balaban J connectivity index is 2.01. The van der Waals surface area contributed by atoms with Crippen LogP contribution in [-0.4, -0.2) is 74.7 Å². The van der Waals surface area contributed by atoms with Crippen LogP contribution in [0.2, 0.25) is 0 Å². The van der Waals surface area contributed by atoms with Gasteiger partial charge in [0.15, 0.2) is 0 Å². The Morgan fingerprint density at radius 3 is 1.86 bits per heavy atom. The molecule has 0 aliphatic carbocycles. The van der Waals surface area contributed by atoms with Crippen LogP contribution in [0, 0.1) is 5.92 Å². The SMILES string of the molecule is COC(=O)[C@H](CC(C)C)NC(=O)[C@H](CCCCNC(=O)OCc1ccccc1)NC(=O)[C@H](COCc1ccccc1)NC(=O)CCCCCCCCCCCN=[N+]=[N-]. The van der Waals surface area contributed by atoms with E-state index in [1.165, 1.54) is 7.11 Å². The number of amides is 4. The van der Waals surface area contributed by atoms with E-state index in [-0.39, 0.29) is 51.0 Å². The first kappa shape index (κ1) is 49.0. The van der Waals surface area contributed by atoms with Crippen molar-refractivity contribution in [3.8, 4) is 0 Å². The molecule has 0 aliphatic rings. The van der Waals surface area contributed by atoms with Gasteiger partial charge in [0.1, 0.15) is 24.7 Å². The zero-order valence-electron chi connectivity index (χ0n) is 34.6. The van der Waals surface area contributed by atoms with E-state index in [1.807, 2.05) is 74.5 Å². The highest BCUT2D eigenvalue weighted by molar-refractivity contribution is 5.93. The Morgan fingerprint density at radius 2 is 1.26 bits per heavy atom. The van der Waals surface area contributed by atoms with E-state index in [9.17, 15) is 24.0 Å². The average molecular weight is 808 g/mol. The molecule has 0 fully saturated rings. The number of unbranched alkanes of at least 4 members (excludes halogenated alkanes) is 9. The van der Waals surface area contributed by atoms with E-state index in [1.54, 1.807) is 0 Å². The third kappa shape index (κ3) is 23.2. The number of carbonyl (C=O) groups excluding carboxylic acids is 5. The van der Waals surface area contributed by atoms with Crippen LogP contribution in [0.5, 0.6) is 0 Å². The van der Waals surface area contributed by atoms with Gasteiger partial charge in [-0.3, -0.25) is 14.4 Å². The second-order valence-corrected chi connectivity index (χ2v) is 14.8. The van der Waals surface area contributed by atoms with E-state index in [0.29, 0.717) is 32.2 Å². The number of carbonyl (C=O) groups is 5. The number of hydrogen-bond acceptors (Lipinski definition) is 9. The summed E-state index contributed by atoms with van der Waals surface area (Å²) in [5, 5.41) is 14.6. The highest BCUT2D eigenvalue weighted by Gasteiger charge is 2.30. The zero-order valence-corrected chi connectivity index (χ0v) is 34.6. The third-order valence-corrected chi connectivity index (χ3v) is 9.32. The molecule has 0 aromatic heterocycles. The van der Waals surface area contributed by atoms with Gasteiger partial charge in [-0.25, -0.2) is 9.59 Å². The Morgan fingerprint density at radius 1 is 0.690 bits per heavy atom. The number of esters is 1. The molecule has 2 rings (SSSR count). The summed E-state index contributed by atoms with van der Waals surface area (Å²) in [5.74, 6) is -1.98. The maximum absolute atomic E-state index is 13.9. The van der Waals surface area contributed by atoms with Crippen LogP contribution in [0.25, 0.3) is 10.4 Å². The van der Waals surface area contributed by atoms with Crippen molar-refractivity contribution in [2.75, 3.05) is 26.8 Å². The minimum Gasteiger partial charge on any atom is -0.467 e. The van der Waals surface area contributed by atoms with E-state index in [4.69, 9.17) is 19.7 Å². The monoisotopic (exact) mass is 807 g/mol. The van der Waals surface area contributed by atoms with Crippen molar-refractivity contribution < 1.29 is 38.2 Å². The van der Waals surface area contributed by atoms with Crippen LogP contribution in [0.15, 0.2) is 65.8 Å². The number of benzene rings is 2. The molecule has 320 valence electrons. The van der Waals surface area contributed by atoms with Crippen molar-refractivity contribution in [2.24, 2.45) is 11.0 Å². The molecular weight excluding hydrogens is 743 g/mol. The summed E-state index contributed by atoms with van der Waals surface area (Å²) in [6.07, 6.45) is 10.0. The van der Waals surface area contributed by atoms with E-state index >= 15 is 0 Å². The predicted octanol–water partition coefficient (Wildman–Crippen LogP) is 7.18. The standard InChI is InChI=1S/C43H65N7O8/c1-33(2)29-37(42(54)56-3)49-40(52)36(25-18-20-27-45-43(55)58-31-35-23-15-12-16-24-35)48-41(53)38(32-57-30-34-21-13-11-14-22-34)47-39(51)26-17-9-7-5-4-6-8-10-19-28-46-50-44/h11-16,21-24,33,36-38H,4-10,17-20,25-32H2,1-3H3,(H,45,55)(H,47,51)(H,48,53)(H,49,52)/t36-,37-,38-/m0/s1. The van der Waals surface area contributed by atoms with Crippen LogP contribution < -0.4 is 21.3 Å².